The molecule has 2 aromatic rings. The Bertz CT molecular complexity index is 697. The van der Waals surface area contributed by atoms with Gasteiger partial charge in [0, 0.05) is 17.4 Å². The summed E-state index contributed by atoms with van der Waals surface area (Å²) in [5, 5.41) is 8.68. The first-order valence-corrected chi connectivity index (χ1v) is 9.93. The molecule has 1 aromatic heterocycles. The van der Waals surface area contributed by atoms with E-state index in [0.29, 0.717) is 12.0 Å². The maximum atomic E-state index is 12.5. The molecule has 126 valence electrons. The van der Waals surface area contributed by atoms with E-state index in [0.717, 1.165) is 16.3 Å². The van der Waals surface area contributed by atoms with Crippen molar-refractivity contribution in [2.75, 3.05) is 10.6 Å². The summed E-state index contributed by atoms with van der Waals surface area (Å²) in [6.45, 7) is 0. The zero-order valence-corrected chi connectivity index (χ0v) is 14.7. The molecule has 0 bridgehead atoms. The van der Waals surface area contributed by atoms with Crippen molar-refractivity contribution in [2.45, 2.75) is 56.9 Å². The lowest BCUT2D eigenvalue weighted by Crippen LogP contribution is -2.22. The molecule has 0 aliphatic heterocycles. The number of hydrogen-bond acceptors (Lipinski definition) is 3. The molecule has 0 saturated heterocycles. The van der Waals surface area contributed by atoms with Crippen molar-refractivity contribution >= 4 is 28.6 Å². The van der Waals surface area contributed by atoms with E-state index in [9.17, 15) is 4.79 Å². The molecule has 0 atom stereocenters. The van der Waals surface area contributed by atoms with Gasteiger partial charge in [-0.1, -0.05) is 19.3 Å². The minimum absolute atomic E-state index is 0.0277. The molecule has 3 nitrogen and oxygen atoms in total. The Labute approximate surface area is 147 Å². The van der Waals surface area contributed by atoms with E-state index < -0.39 is 0 Å². The van der Waals surface area contributed by atoms with Gasteiger partial charge in [0.15, 0.2) is 0 Å². The fourth-order valence-corrected chi connectivity index (χ4v) is 4.42. The third-order valence-electron chi connectivity index (χ3n) is 5.04. The van der Waals surface area contributed by atoms with Crippen LogP contribution in [0.2, 0.25) is 0 Å². The molecule has 0 radical (unpaired) electrons. The molecule has 2 aliphatic carbocycles. The summed E-state index contributed by atoms with van der Waals surface area (Å²) in [4.78, 5) is 13.4. The third-order valence-corrected chi connectivity index (χ3v) is 5.97. The van der Waals surface area contributed by atoms with Gasteiger partial charge in [0.05, 0.1) is 4.88 Å². The molecule has 2 N–H and O–H groups in total. The summed E-state index contributed by atoms with van der Waals surface area (Å²) in [7, 11) is 0. The minimum Gasteiger partial charge on any atom is -0.382 e. The third kappa shape index (κ3) is 3.64. The van der Waals surface area contributed by atoms with Crippen LogP contribution in [0.25, 0.3) is 0 Å². The molecule has 24 heavy (non-hydrogen) atoms. The number of carbonyl (C=O) groups is 1. The molecule has 0 spiro atoms. The van der Waals surface area contributed by atoms with Crippen molar-refractivity contribution in [1.29, 1.82) is 0 Å². The van der Waals surface area contributed by atoms with E-state index in [2.05, 4.69) is 28.8 Å². The maximum Gasteiger partial charge on any atom is 0.266 e. The van der Waals surface area contributed by atoms with Crippen LogP contribution in [-0.2, 0) is 0 Å². The highest BCUT2D eigenvalue weighted by atomic mass is 32.1. The SMILES string of the molecule is O=C(Nc1ccc(NC2CCCCC2)cc1)c1sccc1C1CC1. The molecule has 2 aliphatic rings. The zero-order chi connectivity index (χ0) is 16.4. The predicted octanol–water partition coefficient (Wildman–Crippen LogP) is 5.62. The molecule has 0 unspecified atom stereocenters. The first-order valence-electron chi connectivity index (χ1n) is 9.05. The van der Waals surface area contributed by atoms with E-state index in [1.165, 1.54) is 50.5 Å². The van der Waals surface area contributed by atoms with E-state index in [1.807, 2.05) is 17.5 Å². The standard InChI is InChI=1S/C20H24N2OS/c23-20(19-18(12-13-24-19)14-6-7-14)22-17-10-8-16(9-11-17)21-15-4-2-1-3-5-15/h8-15,21H,1-7H2,(H,22,23). The number of thiophene rings is 1. The molecule has 1 amide bonds. The Morgan fingerprint density at radius 1 is 0.917 bits per heavy atom. The van der Waals surface area contributed by atoms with Gasteiger partial charge in [-0.3, -0.25) is 4.79 Å². The van der Waals surface area contributed by atoms with Crippen molar-refractivity contribution in [3.8, 4) is 0 Å². The highest BCUT2D eigenvalue weighted by Gasteiger charge is 2.28. The van der Waals surface area contributed by atoms with E-state index >= 15 is 0 Å². The predicted molar refractivity (Wildman–Crippen MR) is 101 cm³/mol. The summed E-state index contributed by atoms with van der Waals surface area (Å²) in [6, 6.07) is 10.8. The second-order valence-corrected chi connectivity index (χ2v) is 7.91. The van der Waals surface area contributed by atoms with Gasteiger partial charge >= 0.3 is 0 Å². The van der Waals surface area contributed by atoms with Crippen LogP contribution < -0.4 is 10.6 Å². The number of anilines is 2. The van der Waals surface area contributed by atoms with Crippen LogP contribution in [0.3, 0.4) is 0 Å². The number of benzene rings is 1. The summed E-state index contributed by atoms with van der Waals surface area (Å²) < 4.78 is 0. The van der Waals surface area contributed by atoms with Crippen LogP contribution in [0.4, 0.5) is 11.4 Å². The highest BCUT2D eigenvalue weighted by molar-refractivity contribution is 7.12. The van der Waals surface area contributed by atoms with E-state index in [4.69, 9.17) is 0 Å². The number of amides is 1. The van der Waals surface area contributed by atoms with Crippen molar-refractivity contribution in [1.82, 2.24) is 0 Å². The number of rotatable bonds is 5. The molecule has 4 rings (SSSR count). The highest BCUT2D eigenvalue weighted by Crippen LogP contribution is 2.43. The first kappa shape index (κ1) is 15.7. The normalized spacial score (nSPS) is 18.3. The Morgan fingerprint density at radius 2 is 1.62 bits per heavy atom. The van der Waals surface area contributed by atoms with Gasteiger partial charge < -0.3 is 10.6 Å². The molecule has 1 heterocycles. The van der Waals surface area contributed by atoms with Gasteiger partial charge in [0.2, 0.25) is 0 Å². The van der Waals surface area contributed by atoms with Crippen LogP contribution in [0, 0.1) is 0 Å². The number of carbonyl (C=O) groups excluding carboxylic acids is 1. The monoisotopic (exact) mass is 340 g/mol. The second kappa shape index (κ2) is 6.98. The second-order valence-electron chi connectivity index (χ2n) is 6.99. The van der Waals surface area contributed by atoms with Crippen molar-refractivity contribution in [2.24, 2.45) is 0 Å². The smallest absolute Gasteiger partial charge is 0.266 e. The Balaban J connectivity index is 1.37. The largest absolute Gasteiger partial charge is 0.382 e. The molecule has 2 fully saturated rings. The van der Waals surface area contributed by atoms with E-state index in [-0.39, 0.29) is 5.91 Å². The quantitative estimate of drug-likeness (QED) is 0.741. The average molecular weight is 340 g/mol. The number of nitrogens with one attached hydrogen (secondary N) is 2. The summed E-state index contributed by atoms with van der Waals surface area (Å²) in [6.07, 6.45) is 9.00. The van der Waals surface area contributed by atoms with Crippen LogP contribution in [0.15, 0.2) is 35.7 Å². The van der Waals surface area contributed by atoms with Crippen LogP contribution in [0.1, 0.15) is 66.1 Å². The first-order chi connectivity index (χ1) is 11.8. The van der Waals surface area contributed by atoms with Gasteiger partial charge in [-0.25, -0.2) is 0 Å². The number of hydrogen-bond donors (Lipinski definition) is 2. The lowest BCUT2D eigenvalue weighted by molar-refractivity contribution is 0.102. The topological polar surface area (TPSA) is 41.1 Å². The molecular formula is C20H24N2OS. The van der Waals surface area contributed by atoms with Gasteiger partial charge in [0.25, 0.3) is 5.91 Å². The molecule has 1 aromatic carbocycles. The maximum absolute atomic E-state index is 12.5. The molecular weight excluding hydrogens is 316 g/mol. The summed E-state index contributed by atoms with van der Waals surface area (Å²) in [5.41, 5.74) is 3.24. The van der Waals surface area contributed by atoms with Crippen LogP contribution >= 0.6 is 11.3 Å². The van der Waals surface area contributed by atoms with Crippen molar-refractivity contribution in [3.05, 3.63) is 46.2 Å². The van der Waals surface area contributed by atoms with Gasteiger partial charge in [-0.05, 0) is 72.9 Å². The van der Waals surface area contributed by atoms with Crippen molar-refractivity contribution in [3.63, 3.8) is 0 Å². The fourth-order valence-electron chi connectivity index (χ4n) is 3.54. The average Bonchev–Trinajstić information content (AvgIpc) is 3.34. The van der Waals surface area contributed by atoms with Crippen LogP contribution in [0.5, 0.6) is 0 Å². The van der Waals surface area contributed by atoms with Crippen LogP contribution in [-0.4, -0.2) is 11.9 Å². The fraction of sp³-hybridized carbons (Fsp3) is 0.450. The van der Waals surface area contributed by atoms with Gasteiger partial charge in [0.1, 0.15) is 0 Å². The molecule has 2 saturated carbocycles. The minimum atomic E-state index is 0.0277. The summed E-state index contributed by atoms with van der Waals surface area (Å²) in [5.74, 6) is 0.638. The Morgan fingerprint density at radius 3 is 2.33 bits per heavy atom. The Hall–Kier alpha value is -1.81. The molecule has 4 heteroatoms. The lowest BCUT2D eigenvalue weighted by Gasteiger charge is -2.23. The Kier molecular flexibility index (Phi) is 4.56. The van der Waals surface area contributed by atoms with Gasteiger partial charge in [-0.2, -0.15) is 0 Å². The van der Waals surface area contributed by atoms with Crippen molar-refractivity contribution < 1.29 is 4.79 Å². The summed E-state index contributed by atoms with van der Waals surface area (Å²) >= 11 is 1.55. The lowest BCUT2D eigenvalue weighted by atomic mass is 9.95. The zero-order valence-electron chi connectivity index (χ0n) is 13.9. The van der Waals surface area contributed by atoms with Gasteiger partial charge in [-0.15, -0.1) is 11.3 Å². The van der Waals surface area contributed by atoms with E-state index in [1.54, 1.807) is 11.3 Å².